The molecule has 0 aliphatic heterocycles. The number of aromatic nitrogens is 1. The quantitative estimate of drug-likeness (QED) is 0.528. The summed E-state index contributed by atoms with van der Waals surface area (Å²) in [7, 11) is 2.91. The molecule has 0 radical (unpaired) electrons. The van der Waals surface area contributed by atoms with Crippen LogP contribution in [-0.2, 0) is 4.74 Å². The number of ether oxygens (including phenoxy) is 3. The van der Waals surface area contributed by atoms with E-state index in [1.807, 2.05) is 31.2 Å². The molecular formula is C21H21NO5. The van der Waals surface area contributed by atoms with Crippen LogP contribution >= 0.6 is 0 Å². The third kappa shape index (κ3) is 3.38. The molecule has 0 saturated heterocycles. The molecule has 3 aromatic rings. The second kappa shape index (κ2) is 7.53. The van der Waals surface area contributed by atoms with E-state index in [1.165, 1.54) is 14.2 Å². The molecule has 0 spiro atoms. The van der Waals surface area contributed by atoms with Crippen molar-refractivity contribution in [3.05, 3.63) is 59.3 Å². The van der Waals surface area contributed by atoms with E-state index >= 15 is 0 Å². The molecule has 0 fully saturated rings. The summed E-state index contributed by atoms with van der Waals surface area (Å²) >= 11 is 0. The van der Waals surface area contributed by atoms with Gasteiger partial charge in [-0.15, -0.1) is 0 Å². The standard InChI is InChI=1S/C21H21NO5/c1-12-18(14-8-5-6-9-15(14)22-12)20(23)13(2)27-21(24)19-16(25-3)10-7-11-17(19)26-4/h5-11,13,22H,1-4H3/t13-/m0/s1. The fraction of sp³-hybridized carbons (Fsp3) is 0.238. The summed E-state index contributed by atoms with van der Waals surface area (Å²) in [4.78, 5) is 28.8. The van der Waals surface area contributed by atoms with Crippen LogP contribution in [0.2, 0.25) is 0 Å². The Kier molecular flexibility index (Phi) is 5.16. The first-order valence-corrected chi connectivity index (χ1v) is 8.51. The van der Waals surface area contributed by atoms with Crippen molar-refractivity contribution in [3.63, 3.8) is 0 Å². The second-order valence-electron chi connectivity index (χ2n) is 6.12. The van der Waals surface area contributed by atoms with E-state index in [0.717, 1.165) is 16.6 Å². The van der Waals surface area contributed by atoms with Gasteiger partial charge in [-0.2, -0.15) is 0 Å². The van der Waals surface area contributed by atoms with Crippen LogP contribution in [0.3, 0.4) is 0 Å². The molecule has 27 heavy (non-hydrogen) atoms. The van der Waals surface area contributed by atoms with E-state index in [1.54, 1.807) is 25.1 Å². The zero-order valence-corrected chi connectivity index (χ0v) is 15.7. The number of benzene rings is 2. The van der Waals surface area contributed by atoms with Gasteiger partial charge in [0.2, 0.25) is 5.78 Å². The van der Waals surface area contributed by atoms with Crippen molar-refractivity contribution in [2.45, 2.75) is 20.0 Å². The van der Waals surface area contributed by atoms with Gasteiger partial charge in [0, 0.05) is 22.2 Å². The second-order valence-corrected chi connectivity index (χ2v) is 6.12. The van der Waals surface area contributed by atoms with Crippen LogP contribution in [0.15, 0.2) is 42.5 Å². The van der Waals surface area contributed by atoms with Crippen molar-refractivity contribution in [1.82, 2.24) is 4.98 Å². The maximum absolute atomic E-state index is 13.0. The van der Waals surface area contributed by atoms with E-state index in [9.17, 15) is 9.59 Å². The van der Waals surface area contributed by atoms with Gasteiger partial charge in [-0.3, -0.25) is 4.79 Å². The van der Waals surface area contributed by atoms with Crippen LogP contribution in [0.5, 0.6) is 11.5 Å². The number of aryl methyl sites for hydroxylation is 1. The minimum Gasteiger partial charge on any atom is -0.496 e. The molecule has 6 nitrogen and oxygen atoms in total. The van der Waals surface area contributed by atoms with Gasteiger partial charge in [0.25, 0.3) is 0 Å². The molecule has 1 heterocycles. The van der Waals surface area contributed by atoms with Gasteiger partial charge in [-0.05, 0) is 32.0 Å². The van der Waals surface area contributed by atoms with E-state index in [2.05, 4.69) is 4.98 Å². The van der Waals surface area contributed by atoms with Crippen molar-refractivity contribution < 1.29 is 23.8 Å². The van der Waals surface area contributed by atoms with Crippen molar-refractivity contribution in [2.24, 2.45) is 0 Å². The number of para-hydroxylation sites is 1. The molecule has 0 aliphatic carbocycles. The Balaban J connectivity index is 1.89. The Morgan fingerprint density at radius 2 is 1.56 bits per heavy atom. The predicted octanol–water partition coefficient (Wildman–Crippen LogP) is 3.92. The number of rotatable bonds is 6. The van der Waals surface area contributed by atoms with Crippen molar-refractivity contribution >= 4 is 22.7 Å². The van der Waals surface area contributed by atoms with Crippen molar-refractivity contribution in [1.29, 1.82) is 0 Å². The highest BCUT2D eigenvalue weighted by atomic mass is 16.6. The van der Waals surface area contributed by atoms with E-state index in [-0.39, 0.29) is 11.3 Å². The number of nitrogens with one attached hydrogen (secondary N) is 1. The molecule has 0 saturated carbocycles. The number of hydrogen-bond acceptors (Lipinski definition) is 5. The molecule has 1 atom stereocenters. The maximum atomic E-state index is 13.0. The zero-order valence-electron chi connectivity index (χ0n) is 15.7. The van der Waals surface area contributed by atoms with Gasteiger partial charge >= 0.3 is 5.97 Å². The van der Waals surface area contributed by atoms with Crippen LogP contribution in [0.1, 0.15) is 33.3 Å². The Bertz CT molecular complexity index is 983. The van der Waals surface area contributed by atoms with Gasteiger partial charge in [0.05, 0.1) is 14.2 Å². The minimum absolute atomic E-state index is 0.151. The molecule has 0 bridgehead atoms. The third-order valence-corrected chi connectivity index (χ3v) is 4.42. The summed E-state index contributed by atoms with van der Waals surface area (Å²) in [5.41, 5.74) is 2.28. The summed E-state index contributed by atoms with van der Waals surface area (Å²) in [6, 6.07) is 12.5. The Hall–Kier alpha value is -3.28. The van der Waals surface area contributed by atoms with Gasteiger partial charge < -0.3 is 19.2 Å². The van der Waals surface area contributed by atoms with Crippen LogP contribution in [-0.4, -0.2) is 37.1 Å². The molecular weight excluding hydrogens is 346 g/mol. The number of H-pyrrole nitrogens is 1. The first-order valence-electron chi connectivity index (χ1n) is 8.51. The monoisotopic (exact) mass is 367 g/mol. The Morgan fingerprint density at radius 3 is 2.19 bits per heavy atom. The highest BCUT2D eigenvalue weighted by molar-refractivity contribution is 6.12. The lowest BCUT2D eigenvalue weighted by atomic mass is 10.0. The number of Topliss-reactive ketones (excluding diaryl/α,β-unsaturated/α-hetero) is 1. The number of methoxy groups -OCH3 is 2. The highest BCUT2D eigenvalue weighted by Gasteiger charge is 2.27. The number of carbonyl (C=O) groups is 2. The number of fused-ring (bicyclic) bond motifs is 1. The SMILES string of the molecule is COc1cccc(OC)c1C(=O)O[C@@H](C)C(=O)c1c(C)[nH]c2ccccc12. The van der Waals surface area contributed by atoms with E-state index in [0.29, 0.717) is 17.1 Å². The summed E-state index contributed by atoms with van der Waals surface area (Å²) in [6.45, 7) is 3.38. The fourth-order valence-corrected chi connectivity index (χ4v) is 3.12. The average Bonchev–Trinajstić information content (AvgIpc) is 3.01. The van der Waals surface area contributed by atoms with Gasteiger partial charge in [-0.25, -0.2) is 4.79 Å². The van der Waals surface area contributed by atoms with Crippen LogP contribution in [0.25, 0.3) is 10.9 Å². The lowest BCUT2D eigenvalue weighted by molar-refractivity contribution is 0.0313. The largest absolute Gasteiger partial charge is 0.496 e. The molecule has 0 amide bonds. The minimum atomic E-state index is -0.968. The van der Waals surface area contributed by atoms with E-state index < -0.39 is 12.1 Å². The number of carbonyl (C=O) groups excluding carboxylic acids is 2. The molecule has 1 aromatic heterocycles. The van der Waals surface area contributed by atoms with Crippen LogP contribution in [0.4, 0.5) is 0 Å². The maximum Gasteiger partial charge on any atom is 0.346 e. The number of hydrogen-bond donors (Lipinski definition) is 1. The van der Waals surface area contributed by atoms with Crippen LogP contribution in [0, 0.1) is 6.92 Å². The first-order chi connectivity index (χ1) is 13.0. The van der Waals surface area contributed by atoms with Gasteiger partial charge in [0.15, 0.2) is 6.10 Å². The first kappa shape index (κ1) is 18.5. The normalized spacial score (nSPS) is 11.9. The number of esters is 1. The molecule has 0 aliphatic rings. The lowest BCUT2D eigenvalue weighted by Crippen LogP contribution is -2.25. The summed E-state index contributed by atoms with van der Waals surface area (Å²) in [5.74, 6) is -0.306. The predicted molar refractivity (Wildman–Crippen MR) is 102 cm³/mol. The summed E-state index contributed by atoms with van der Waals surface area (Å²) < 4.78 is 15.9. The summed E-state index contributed by atoms with van der Waals surface area (Å²) in [6.07, 6.45) is -0.968. The van der Waals surface area contributed by atoms with Gasteiger partial charge in [0.1, 0.15) is 17.1 Å². The molecule has 1 N–H and O–H groups in total. The Morgan fingerprint density at radius 1 is 0.926 bits per heavy atom. The molecule has 3 rings (SSSR count). The van der Waals surface area contributed by atoms with E-state index in [4.69, 9.17) is 14.2 Å². The zero-order chi connectivity index (χ0) is 19.6. The third-order valence-electron chi connectivity index (χ3n) is 4.42. The van der Waals surface area contributed by atoms with Gasteiger partial charge in [-0.1, -0.05) is 24.3 Å². The number of aromatic amines is 1. The van der Waals surface area contributed by atoms with Crippen LogP contribution < -0.4 is 9.47 Å². The topological polar surface area (TPSA) is 77.6 Å². The highest BCUT2D eigenvalue weighted by Crippen LogP contribution is 2.30. The Labute approximate surface area is 157 Å². The van der Waals surface area contributed by atoms with Crippen molar-refractivity contribution in [2.75, 3.05) is 14.2 Å². The molecule has 6 heteroatoms. The smallest absolute Gasteiger partial charge is 0.346 e. The fourth-order valence-electron chi connectivity index (χ4n) is 3.12. The van der Waals surface area contributed by atoms with Crippen molar-refractivity contribution in [3.8, 4) is 11.5 Å². The number of ketones is 1. The summed E-state index contributed by atoms with van der Waals surface area (Å²) in [5, 5.41) is 0.803. The molecule has 0 unspecified atom stereocenters. The average molecular weight is 367 g/mol. The molecule has 140 valence electrons. The molecule has 2 aromatic carbocycles. The lowest BCUT2D eigenvalue weighted by Gasteiger charge is -2.16.